The lowest BCUT2D eigenvalue weighted by Crippen LogP contribution is -1.92. The molecule has 6 heteroatoms. The lowest BCUT2D eigenvalue weighted by Gasteiger charge is -1.85. The molecule has 0 saturated carbocycles. The Hall–Kier alpha value is -1.74. The van der Waals surface area contributed by atoms with E-state index < -0.39 is 4.92 Å². The second kappa shape index (κ2) is 3.78. The minimum atomic E-state index is -0.562. The van der Waals surface area contributed by atoms with Gasteiger partial charge in [-0.25, -0.2) is 0 Å². The molecule has 0 aliphatic heterocycles. The Morgan fingerprint density at radius 1 is 1.69 bits per heavy atom. The third-order valence-corrected chi connectivity index (χ3v) is 2.36. The molecular formula is C7H4N2O3S. The number of carbonyl (C=O) groups excluding carboxylic acids is 1. The van der Waals surface area contributed by atoms with E-state index >= 15 is 0 Å². The summed E-state index contributed by atoms with van der Waals surface area (Å²) < 4.78 is 0. The van der Waals surface area contributed by atoms with Crippen LogP contribution in [0.5, 0.6) is 0 Å². The fraction of sp³-hybridized carbons (Fsp3) is 0.143. The van der Waals surface area contributed by atoms with E-state index in [1.54, 1.807) is 6.07 Å². The van der Waals surface area contributed by atoms with Crippen LogP contribution < -0.4 is 0 Å². The maximum absolute atomic E-state index is 11.0. The Balaban J connectivity index is 2.87. The minimum Gasteiger partial charge on any atom is -0.292 e. The number of nitrogens with zero attached hydrogens (tertiary/aromatic N) is 2. The van der Waals surface area contributed by atoms with Gasteiger partial charge in [0.1, 0.15) is 0 Å². The molecule has 1 aromatic heterocycles. The van der Waals surface area contributed by atoms with Gasteiger partial charge < -0.3 is 0 Å². The van der Waals surface area contributed by atoms with Crippen LogP contribution in [0.1, 0.15) is 16.1 Å². The third kappa shape index (κ3) is 2.10. The summed E-state index contributed by atoms with van der Waals surface area (Å²) in [7, 11) is 0. The van der Waals surface area contributed by atoms with Gasteiger partial charge in [-0.05, 0) is 6.07 Å². The summed E-state index contributed by atoms with van der Waals surface area (Å²) >= 11 is 0.789. The molecule has 0 fully saturated rings. The second-order valence-electron chi connectivity index (χ2n) is 2.15. The highest BCUT2D eigenvalue weighted by Gasteiger charge is 2.14. The molecule has 66 valence electrons. The van der Waals surface area contributed by atoms with Crippen LogP contribution in [0.3, 0.4) is 0 Å². The van der Waals surface area contributed by atoms with Gasteiger partial charge in [0.05, 0.1) is 22.3 Å². The van der Waals surface area contributed by atoms with Gasteiger partial charge in [0, 0.05) is 6.07 Å². The summed E-state index contributed by atoms with van der Waals surface area (Å²) in [4.78, 5) is 21.0. The highest BCUT2D eigenvalue weighted by molar-refractivity contribution is 7.17. The van der Waals surface area contributed by atoms with E-state index in [-0.39, 0.29) is 22.1 Å². The summed E-state index contributed by atoms with van der Waals surface area (Å²) in [6.07, 6.45) is -0.238. The molecule has 0 bridgehead atoms. The van der Waals surface area contributed by atoms with E-state index in [9.17, 15) is 14.9 Å². The number of nitro groups is 1. The van der Waals surface area contributed by atoms with Crippen molar-refractivity contribution in [2.24, 2.45) is 0 Å². The number of Topliss-reactive ketones (excluding diaryl/α,β-unsaturated/α-hetero) is 1. The van der Waals surface area contributed by atoms with E-state index in [1.807, 2.05) is 0 Å². The van der Waals surface area contributed by atoms with Gasteiger partial charge in [-0.15, -0.1) is 0 Å². The van der Waals surface area contributed by atoms with Crippen molar-refractivity contribution >= 4 is 22.1 Å². The van der Waals surface area contributed by atoms with E-state index in [4.69, 9.17) is 5.26 Å². The predicted molar refractivity (Wildman–Crippen MR) is 45.5 cm³/mol. The van der Waals surface area contributed by atoms with Crippen molar-refractivity contribution in [2.75, 3.05) is 0 Å². The van der Waals surface area contributed by atoms with Crippen molar-refractivity contribution in [2.45, 2.75) is 6.42 Å². The van der Waals surface area contributed by atoms with E-state index in [2.05, 4.69) is 0 Å². The van der Waals surface area contributed by atoms with Gasteiger partial charge in [0.2, 0.25) is 0 Å². The van der Waals surface area contributed by atoms with Gasteiger partial charge in [0.15, 0.2) is 5.78 Å². The lowest BCUT2D eigenvalue weighted by molar-refractivity contribution is -0.380. The summed E-state index contributed by atoms with van der Waals surface area (Å²) in [6, 6.07) is 4.31. The number of ketones is 1. The maximum Gasteiger partial charge on any atom is 0.324 e. The van der Waals surface area contributed by atoms with E-state index in [0.717, 1.165) is 11.3 Å². The van der Waals surface area contributed by atoms with Gasteiger partial charge in [-0.1, -0.05) is 11.3 Å². The van der Waals surface area contributed by atoms with Gasteiger partial charge >= 0.3 is 5.00 Å². The average molecular weight is 196 g/mol. The molecule has 0 atom stereocenters. The van der Waals surface area contributed by atoms with Crippen LogP contribution >= 0.6 is 11.3 Å². The number of rotatable bonds is 3. The van der Waals surface area contributed by atoms with Crippen molar-refractivity contribution < 1.29 is 9.72 Å². The molecule has 0 radical (unpaired) electrons. The van der Waals surface area contributed by atoms with Crippen LogP contribution in [-0.2, 0) is 0 Å². The van der Waals surface area contributed by atoms with Crippen molar-refractivity contribution in [1.29, 1.82) is 5.26 Å². The molecule has 0 unspecified atom stereocenters. The van der Waals surface area contributed by atoms with Gasteiger partial charge in [0.25, 0.3) is 0 Å². The Labute approximate surface area is 77.4 Å². The molecule has 1 heterocycles. The highest BCUT2D eigenvalue weighted by atomic mass is 32.1. The van der Waals surface area contributed by atoms with Crippen molar-refractivity contribution in [3.8, 4) is 6.07 Å². The third-order valence-electron chi connectivity index (χ3n) is 1.29. The number of carbonyl (C=O) groups is 1. The fourth-order valence-corrected chi connectivity index (χ4v) is 1.49. The molecule has 0 aliphatic rings. The summed E-state index contributed by atoms with van der Waals surface area (Å²) in [5.41, 5.74) is 0. The first-order chi connectivity index (χ1) is 6.15. The first-order valence-electron chi connectivity index (χ1n) is 3.29. The van der Waals surface area contributed by atoms with E-state index in [0.29, 0.717) is 0 Å². The zero-order chi connectivity index (χ0) is 9.84. The average Bonchev–Trinajstić information content (AvgIpc) is 2.52. The topological polar surface area (TPSA) is 84.0 Å². The van der Waals surface area contributed by atoms with Crippen LogP contribution in [-0.4, -0.2) is 10.7 Å². The monoisotopic (exact) mass is 196 g/mol. The Bertz CT molecular complexity index is 391. The maximum atomic E-state index is 11.0. The van der Waals surface area contributed by atoms with Crippen molar-refractivity contribution in [3.63, 3.8) is 0 Å². The van der Waals surface area contributed by atoms with Crippen molar-refractivity contribution in [3.05, 3.63) is 27.1 Å². The van der Waals surface area contributed by atoms with Crippen LogP contribution in [0.25, 0.3) is 0 Å². The molecule has 13 heavy (non-hydrogen) atoms. The molecule has 0 aliphatic carbocycles. The fourth-order valence-electron chi connectivity index (χ4n) is 0.735. The second-order valence-corrected chi connectivity index (χ2v) is 3.22. The first kappa shape index (κ1) is 9.35. The molecule has 0 amide bonds. The molecule has 5 nitrogen and oxygen atoms in total. The smallest absolute Gasteiger partial charge is 0.292 e. The lowest BCUT2D eigenvalue weighted by atomic mass is 10.2. The summed E-state index contributed by atoms with van der Waals surface area (Å²) in [5.74, 6) is -0.374. The van der Waals surface area contributed by atoms with Gasteiger partial charge in [-0.3, -0.25) is 14.9 Å². The number of thiophene rings is 1. The molecule has 0 aromatic carbocycles. The summed E-state index contributed by atoms with van der Waals surface area (Å²) in [5, 5.41) is 18.4. The molecule has 0 spiro atoms. The zero-order valence-electron chi connectivity index (χ0n) is 6.39. The molecule has 1 rings (SSSR count). The number of hydrogen-bond donors (Lipinski definition) is 0. The highest BCUT2D eigenvalue weighted by Crippen LogP contribution is 2.24. The SMILES string of the molecule is N#CCC(=O)c1ccc([N+](=O)[O-])s1. The van der Waals surface area contributed by atoms with Crippen molar-refractivity contribution in [1.82, 2.24) is 0 Å². The molecule has 1 aromatic rings. The Kier molecular flexibility index (Phi) is 2.72. The molecule has 0 saturated heterocycles. The summed E-state index contributed by atoms with van der Waals surface area (Å²) in [6.45, 7) is 0. The van der Waals surface area contributed by atoms with E-state index in [1.165, 1.54) is 12.1 Å². The normalized spacial score (nSPS) is 9.15. The number of hydrogen-bond acceptors (Lipinski definition) is 5. The van der Waals surface area contributed by atoms with Crippen LogP contribution in [0.4, 0.5) is 5.00 Å². The zero-order valence-corrected chi connectivity index (χ0v) is 7.21. The Morgan fingerprint density at radius 2 is 2.38 bits per heavy atom. The minimum absolute atomic E-state index is 0.0821. The predicted octanol–water partition coefficient (Wildman–Crippen LogP) is 1.75. The van der Waals surface area contributed by atoms with Crippen LogP contribution in [0.2, 0.25) is 0 Å². The standard InChI is InChI=1S/C7H4N2O3S/c8-4-3-5(10)6-1-2-7(13-6)9(11)12/h1-2H,3H2. The number of nitriles is 1. The first-order valence-corrected chi connectivity index (χ1v) is 4.11. The molecule has 0 N–H and O–H groups in total. The van der Waals surface area contributed by atoms with Crippen LogP contribution in [0, 0.1) is 21.4 Å². The molecular weight excluding hydrogens is 192 g/mol. The quantitative estimate of drug-likeness (QED) is 0.418. The van der Waals surface area contributed by atoms with Crippen LogP contribution in [0.15, 0.2) is 12.1 Å². The van der Waals surface area contributed by atoms with Gasteiger partial charge in [-0.2, -0.15) is 5.26 Å². The Morgan fingerprint density at radius 3 is 2.85 bits per heavy atom. The largest absolute Gasteiger partial charge is 0.324 e.